The monoisotopic (exact) mass is 530 g/mol. The predicted molar refractivity (Wildman–Crippen MR) is 117 cm³/mol. The second kappa shape index (κ2) is 9.67. The summed E-state index contributed by atoms with van der Waals surface area (Å²) in [6, 6.07) is 12.6. The van der Waals surface area contributed by atoms with E-state index in [0.29, 0.717) is 0 Å². The van der Waals surface area contributed by atoms with E-state index in [9.17, 15) is 32.0 Å². The summed E-state index contributed by atoms with van der Waals surface area (Å²) >= 11 is 4.95. The Bertz CT molecular complexity index is 1170. The van der Waals surface area contributed by atoms with Gasteiger partial charge < -0.3 is 9.47 Å². The fourth-order valence-corrected chi connectivity index (χ4v) is 4.36. The summed E-state index contributed by atoms with van der Waals surface area (Å²) in [5, 5.41) is 9.61. The van der Waals surface area contributed by atoms with Gasteiger partial charge in [0.05, 0.1) is 5.92 Å². The smallest absolute Gasteiger partial charge is 0.428 e. The number of rotatable bonds is 9. The molecule has 4 atom stereocenters. The van der Waals surface area contributed by atoms with E-state index in [1.165, 1.54) is 38.2 Å². The molecule has 2 aromatic rings. The Balaban J connectivity index is 1.83. The van der Waals surface area contributed by atoms with Gasteiger partial charge in [0.1, 0.15) is 17.2 Å². The molecule has 1 heterocycles. The molecule has 3 rings (SSSR count). The molecule has 0 spiro atoms. The van der Waals surface area contributed by atoms with Crippen molar-refractivity contribution in [1.82, 2.24) is 4.98 Å². The number of carbonyl (C=O) groups excluding carboxylic acids is 1. The van der Waals surface area contributed by atoms with Crippen LogP contribution in [0.2, 0.25) is 0 Å². The number of nitrogens with zero attached hydrogens (tertiary/aromatic N) is 2. The highest BCUT2D eigenvalue weighted by Crippen LogP contribution is 2.75. The number of alkyl halides is 6. The summed E-state index contributed by atoms with van der Waals surface area (Å²) < 4.78 is 82.4. The van der Waals surface area contributed by atoms with Crippen LogP contribution in [0.15, 0.2) is 61.3 Å². The maximum absolute atomic E-state index is 14.8. The molecule has 0 amide bonds. The number of hydrogen-bond acceptors (Lipinski definition) is 6. The molecule has 12 heteroatoms. The van der Waals surface area contributed by atoms with E-state index in [2.05, 4.69) is 16.3 Å². The van der Waals surface area contributed by atoms with Crippen molar-refractivity contribution >= 4 is 17.6 Å². The summed E-state index contributed by atoms with van der Waals surface area (Å²) in [7, 11) is 0. The topological polar surface area (TPSA) is 81.4 Å². The van der Waals surface area contributed by atoms with E-state index in [-0.39, 0.29) is 17.2 Å². The predicted octanol–water partition coefficient (Wildman–Crippen LogP) is 6.55. The standard InChI is InChI=1S/C24H20ClF5N2O4/c1-4-22(18(21(22,2)3)24(29,30)36-19(25)23(26,27)28)20(33)35-16(13-31)14-8-7-9-15(12-14)34-17-10-5-6-11-32-17/h4-12,16,18-19H,1H2,2-3H3. The first kappa shape index (κ1) is 27.4. The van der Waals surface area contributed by atoms with Crippen molar-refractivity contribution in [3.05, 3.63) is 66.9 Å². The molecule has 1 aromatic carbocycles. The number of nitriles is 1. The van der Waals surface area contributed by atoms with Gasteiger partial charge in [0, 0.05) is 17.8 Å². The van der Waals surface area contributed by atoms with Gasteiger partial charge in [0.15, 0.2) is 0 Å². The number of ether oxygens (including phenoxy) is 3. The van der Waals surface area contributed by atoms with Gasteiger partial charge in [-0.25, -0.2) is 4.98 Å². The van der Waals surface area contributed by atoms with Crippen LogP contribution in [0.5, 0.6) is 11.6 Å². The fourth-order valence-electron chi connectivity index (χ4n) is 4.24. The lowest BCUT2D eigenvalue weighted by Crippen LogP contribution is -2.38. The summed E-state index contributed by atoms with van der Waals surface area (Å²) in [6.45, 7) is 5.85. The molecule has 1 saturated carbocycles. The fraction of sp³-hybridized carbons (Fsp3) is 0.375. The molecule has 0 aliphatic heterocycles. The Morgan fingerprint density at radius 1 is 1.22 bits per heavy atom. The largest absolute Gasteiger partial charge is 0.441 e. The van der Waals surface area contributed by atoms with Crippen molar-refractivity contribution in [2.75, 3.05) is 0 Å². The number of pyridine rings is 1. The van der Waals surface area contributed by atoms with Crippen LogP contribution in [-0.4, -0.2) is 28.8 Å². The zero-order chi connectivity index (χ0) is 26.9. The number of aromatic nitrogens is 1. The third-order valence-electron chi connectivity index (χ3n) is 6.04. The van der Waals surface area contributed by atoms with Crippen molar-refractivity contribution in [3.8, 4) is 17.7 Å². The first-order chi connectivity index (χ1) is 16.7. The molecule has 36 heavy (non-hydrogen) atoms. The first-order valence-corrected chi connectivity index (χ1v) is 10.8. The van der Waals surface area contributed by atoms with E-state index in [4.69, 9.17) is 21.1 Å². The lowest BCUT2D eigenvalue weighted by atomic mass is 9.96. The molecular weight excluding hydrogens is 511 g/mol. The van der Waals surface area contributed by atoms with Gasteiger partial charge in [0.2, 0.25) is 17.5 Å². The van der Waals surface area contributed by atoms with Gasteiger partial charge in [-0.2, -0.15) is 27.2 Å². The summed E-state index contributed by atoms with van der Waals surface area (Å²) in [5.41, 5.74) is -6.94. The summed E-state index contributed by atoms with van der Waals surface area (Å²) in [5.74, 6) is -2.86. The van der Waals surface area contributed by atoms with Gasteiger partial charge >= 0.3 is 18.3 Å². The average Bonchev–Trinajstić information content (AvgIpc) is 3.34. The number of esters is 1. The zero-order valence-corrected chi connectivity index (χ0v) is 19.7. The van der Waals surface area contributed by atoms with Crippen LogP contribution in [0.1, 0.15) is 25.5 Å². The van der Waals surface area contributed by atoms with Crippen LogP contribution < -0.4 is 4.74 Å². The molecule has 1 aliphatic carbocycles. The molecule has 0 bridgehead atoms. The molecule has 0 N–H and O–H groups in total. The van der Waals surface area contributed by atoms with E-state index in [0.717, 1.165) is 6.08 Å². The van der Waals surface area contributed by atoms with Crippen molar-refractivity contribution in [2.24, 2.45) is 16.7 Å². The van der Waals surface area contributed by atoms with Gasteiger partial charge in [-0.1, -0.05) is 49.7 Å². The van der Waals surface area contributed by atoms with Crippen LogP contribution in [0.3, 0.4) is 0 Å². The van der Waals surface area contributed by atoms with E-state index < -0.39 is 46.7 Å². The average molecular weight is 531 g/mol. The third kappa shape index (κ3) is 5.01. The first-order valence-electron chi connectivity index (χ1n) is 10.4. The molecule has 6 nitrogen and oxygen atoms in total. The minimum atomic E-state index is -5.27. The van der Waals surface area contributed by atoms with Crippen LogP contribution in [0.25, 0.3) is 0 Å². The number of benzene rings is 1. The van der Waals surface area contributed by atoms with E-state index in [1.807, 2.05) is 0 Å². The Hall–Kier alpha value is -3.23. The van der Waals surface area contributed by atoms with Crippen molar-refractivity contribution in [2.45, 2.75) is 37.8 Å². The molecule has 4 unspecified atom stereocenters. The molecular formula is C24H20ClF5N2O4. The van der Waals surface area contributed by atoms with Crippen LogP contribution in [0, 0.1) is 28.1 Å². The second-order valence-electron chi connectivity index (χ2n) is 8.52. The quantitative estimate of drug-likeness (QED) is 0.158. The van der Waals surface area contributed by atoms with Gasteiger partial charge in [-0.3, -0.25) is 9.53 Å². The van der Waals surface area contributed by atoms with E-state index >= 15 is 0 Å². The molecule has 1 aliphatic rings. The highest BCUT2D eigenvalue weighted by atomic mass is 35.5. The Kier molecular flexibility index (Phi) is 7.35. The molecule has 0 radical (unpaired) electrons. The van der Waals surface area contributed by atoms with Crippen LogP contribution in [0.4, 0.5) is 22.0 Å². The van der Waals surface area contributed by atoms with Gasteiger partial charge in [-0.15, -0.1) is 6.58 Å². The van der Waals surface area contributed by atoms with Crippen molar-refractivity contribution in [3.63, 3.8) is 0 Å². The minimum absolute atomic E-state index is 0.161. The highest BCUT2D eigenvalue weighted by Gasteiger charge is 2.83. The summed E-state index contributed by atoms with van der Waals surface area (Å²) in [4.78, 5) is 17.1. The number of carbonyl (C=O) groups is 1. The SMILES string of the molecule is C=CC1(C(=O)OC(C#N)c2cccc(Oc3ccccn3)c2)C(C(F)(F)OC(Cl)C(F)(F)F)C1(C)C. The molecule has 192 valence electrons. The summed E-state index contributed by atoms with van der Waals surface area (Å²) in [6.07, 6.45) is -8.93. The maximum Gasteiger partial charge on any atom is 0.428 e. The lowest BCUT2D eigenvalue weighted by Gasteiger charge is -2.24. The number of hydrogen-bond donors (Lipinski definition) is 0. The Morgan fingerprint density at radius 3 is 2.47 bits per heavy atom. The lowest BCUT2D eigenvalue weighted by molar-refractivity contribution is -0.316. The molecule has 1 fully saturated rings. The maximum atomic E-state index is 14.8. The highest BCUT2D eigenvalue weighted by molar-refractivity contribution is 6.20. The van der Waals surface area contributed by atoms with Crippen molar-refractivity contribution in [1.29, 1.82) is 5.26 Å². The minimum Gasteiger partial charge on any atom is -0.441 e. The van der Waals surface area contributed by atoms with Crippen LogP contribution in [-0.2, 0) is 14.3 Å². The van der Waals surface area contributed by atoms with Crippen molar-refractivity contribution < 1.29 is 41.0 Å². The third-order valence-corrected chi connectivity index (χ3v) is 6.37. The Morgan fingerprint density at radius 2 is 1.92 bits per heavy atom. The zero-order valence-electron chi connectivity index (χ0n) is 18.9. The van der Waals surface area contributed by atoms with Crippen LogP contribution >= 0.6 is 11.6 Å². The van der Waals surface area contributed by atoms with Gasteiger partial charge in [-0.05, 0) is 23.6 Å². The number of halogens is 6. The Labute approximate surface area is 208 Å². The molecule has 0 saturated heterocycles. The second-order valence-corrected chi connectivity index (χ2v) is 8.92. The normalized spacial score (nSPS) is 22.6. The van der Waals surface area contributed by atoms with Gasteiger partial charge in [0.25, 0.3) is 0 Å². The van der Waals surface area contributed by atoms with E-state index in [1.54, 1.807) is 30.3 Å². The molecule has 1 aromatic heterocycles.